The van der Waals surface area contributed by atoms with Crippen LogP contribution in [-0.4, -0.2) is 108 Å². The standard InChI is InChI=1S/C22H26N8O13S2/c1-8(25-17(34)10-4-12(31)13(32)6-29(10)39)16(33)24-5-11-15(19(36)30(11)45(40,41)42)27-18(35)14(9-7-44-21(23)26-9)28-43-22(2,3)20(37)38/h4,6-8,11,15,32,39H,5H2,1-3H3,(H2,23,26)(H,24,33)(H,25,34)(H,27,35)(H,37,38)(H,40,41,42)/t8-,11+,15-/m0/s1. The van der Waals surface area contributed by atoms with Gasteiger partial charge in [-0.3, -0.25) is 28.5 Å². The predicted molar refractivity (Wildman–Crippen MR) is 149 cm³/mol. The van der Waals surface area contributed by atoms with Crippen molar-refractivity contribution < 1.29 is 57.2 Å². The highest BCUT2D eigenvalue weighted by atomic mass is 32.2. The van der Waals surface area contributed by atoms with Gasteiger partial charge < -0.3 is 41.9 Å². The predicted octanol–water partition coefficient (Wildman–Crippen LogP) is -3.15. The van der Waals surface area contributed by atoms with Crippen LogP contribution in [0.3, 0.4) is 0 Å². The number of pyridine rings is 1. The monoisotopic (exact) mass is 674 g/mol. The molecule has 45 heavy (non-hydrogen) atoms. The Kier molecular flexibility index (Phi) is 9.69. The minimum absolute atomic E-state index is 0.0188. The van der Waals surface area contributed by atoms with Crippen molar-refractivity contribution in [1.29, 1.82) is 0 Å². The van der Waals surface area contributed by atoms with Crippen LogP contribution >= 0.6 is 11.3 Å². The molecule has 9 N–H and O–H groups in total. The molecule has 0 spiro atoms. The Hall–Kier alpha value is -5.29. The van der Waals surface area contributed by atoms with Crippen molar-refractivity contribution in [3.63, 3.8) is 0 Å². The summed E-state index contributed by atoms with van der Waals surface area (Å²) < 4.78 is 33.4. The third-order valence-corrected chi connectivity index (χ3v) is 7.66. The lowest BCUT2D eigenvalue weighted by Gasteiger charge is -2.44. The number of nitrogen functional groups attached to an aromatic ring is 1. The van der Waals surface area contributed by atoms with E-state index in [0.717, 1.165) is 25.2 Å². The first-order valence-corrected chi connectivity index (χ1v) is 14.6. The highest BCUT2D eigenvalue weighted by Crippen LogP contribution is 2.24. The zero-order valence-corrected chi connectivity index (χ0v) is 24.9. The molecule has 1 aliphatic rings. The van der Waals surface area contributed by atoms with E-state index in [1.807, 2.05) is 0 Å². The topological polar surface area (TPSA) is 322 Å². The molecule has 0 saturated carbocycles. The van der Waals surface area contributed by atoms with Crippen LogP contribution < -0.4 is 27.1 Å². The summed E-state index contributed by atoms with van der Waals surface area (Å²) in [4.78, 5) is 82.7. The number of nitrogens with one attached hydrogen (secondary N) is 3. The van der Waals surface area contributed by atoms with Gasteiger partial charge in [-0.2, -0.15) is 13.1 Å². The van der Waals surface area contributed by atoms with Crippen LogP contribution in [0.4, 0.5) is 5.13 Å². The van der Waals surface area contributed by atoms with Crippen molar-refractivity contribution in [1.82, 2.24) is 30.0 Å². The maximum atomic E-state index is 13.1. The SMILES string of the molecule is C[C@H](NC(=O)c1cc(=O)c(O)cn1O)C(=O)NC[C@@H]1[C@H](NC(=O)C(=NOC(C)(C)C(=O)O)c2csc(N)n2)C(=O)N1S(=O)(=O)O. The molecule has 1 fully saturated rings. The van der Waals surface area contributed by atoms with Crippen LogP contribution in [0.1, 0.15) is 37.0 Å². The van der Waals surface area contributed by atoms with Gasteiger partial charge in [0.05, 0.1) is 12.2 Å². The van der Waals surface area contributed by atoms with Gasteiger partial charge in [0.2, 0.25) is 16.9 Å². The maximum Gasteiger partial charge on any atom is 0.362 e. The van der Waals surface area contributed by atoms with Gasteiger partial charge in [-0.15, -0.1) is 11.3 Å². The van der Waals surface area contributed by atoms with Crippen LogP contribution in [0.5, 0.6) is 5.75 Å². The Morgan fingerprint density at radius 3 is 2.47 bits per heavy atom. The molecule has 2 aromatic rings. The first kappa shape index (κ1) is 34.2. The summed E-state index contributed by atoms with van der Waals surface area (Å²) in [7, 11) is -5.19. The van der Waals surface area contributed by atoms with Gasteiger partial charge in [-0.25, -0.2) is 14.1 Å². The Balaban J connectivity index is 1.77. The number of aromatic hydroxyl groups is 1. The number of nitrogens with two attached hydrogens (primary N) is 1. The highest BCUT2D eigenvalue weighted by Gasteiger charge is 2.54. The third-order valence-electron chi connectivity index (χ3n) is 6.03. The molecule has 4 amide bonds. The molecule has 0 unspecified atom stereocenters. The van der Waals surface area contributed by atoms with Gasteiger partial charge in [-0.1, -0.05) is 5.16 Å². The molecule has 0 radical (unpaired) electrons. The van der Waals surface area contributed by atoms with Gasteiger partial charge in [0.25, 0.3) is 17.7 Å². The fourth-order valence-electron chi connectivity index (χ4n) is 3.55. The molecule has 23 heteroatoms. The maximum absolute atomic E-state index is 13.1. The number of oxime groups is 1. The van der Waals surface area contributed by atoms with Crippen molar-refractivity contribution in [2.75, 3.05) is 12.3 Å². The molecule has 1 saturated heterocycles. The molecule has 0 aromatic carbocycles. The van der Waals surface area contributed by atoms with E-state index in [1.165, 1.54) is 12.3 Å². The number of thiazole rings is 1. The molecular formula is C22H26N8O13S2. The van der Waals surface area contributed by atoms with Crippen LogP contribution in [0.25, 0.3) is 0 Å². The van der Waals surface area contributed by atoms with Crippen molar-refractivity contribution in [3.8, 4) is 5.75 Å². The van der Waals surface area contributed by atoms with Gasteiger partial charge in [-0.05, 0) is 20.8 Å². The van der Waals surface area contributed by atoms with Crippen molar-refractivity contribution in [2.24, 2.45) is 5.16 Å². The number of carboxylic acids is 1. The molecule has 3 heterocycles. The van der Waals surface area contributed by atoms with Crippen LogP contribution in [-0.2, 0) is 34.3 Å². The Morgan fingerprint density at radius 1 is 1.27 bits per heavy atom. The summed E-state index contributed by atoms with van der Waals surface area (Å²) in [5, 5.41) is 39.7. The van der Waals surface area contributed by atoms with E-state index in [9.17, 15) is 57.2 Å². The first-order chi connectivity index (χ1) is 20.7. The van der Waals surface area contributed by atoms with E-state index in [1.54, 1.807) is 0 Å². The molecule has 3 rings (SSSR count). The molecule has 0 bridgehead atoms. The molecule has 1 aliphatic heterocycles. The summed E-state index contributed by atoms with van der Waals surface area (Å²) in [6.45, 7) is 2.70. The van der Waals surface area contributed by atoms with Crippen LogP contribution in [0.15, 0.2) is 27.6 Å². The van der Waals surface area contributed by atoms with Gasteiger partial charge >= 0.3 is 16.3 Å². The normalized spacial score (nSPS) is 17.6. The second kappa shape index (κ2) is 12.7. The van der Waals surface area contributed by atoms with E-state index in [4.69, 9.17) is 10.6 Å². The summed E-state index contributed by atoms with van der Waals surface area (Å²) in [6.07, 6.45) is 0.548. The fraction of sp³-hybridized carbons (Fsp3) is 0.364. The lowest BCUT2D eigenvalue weighted by Crippen LogP contribution is -2.74. The zero-order valence-electron chi connectivity index (χ0n) is 23.3. The van der Waals surface area contributed by atoms with Crippen LogP contribution in [0, 0.1) is 0 Å². The Bertz CT molecular complexity index is 1750. The molecule has 2 aromatic heterocycles. The number of carboxylic acid groups (broad SMARTS) is 1. The summed E-state index contributed by atoms with van der Waals surface area (Å²) >= 11 is 0.879. The quantitative estimate of drug-likeness (QED) is 0.0362. The van der Waals surface area contributed by atoms with E-state index in [2.05, 4.69) is 26.1 Å². The minimum Gasteiger partial charge on any atom is -0.503 e. The van der Waals surface area contributed by atoms with E-state index < -0.39 is 92.8 Å². The number of anilines is 1. The third kappa shape index (κ3) is 7.63. The summed E-state index contributed by atoms with van der Waals surface area (Å²) in [5.41, 5.74) is 1.20. The van der Waals surface area contributed by atoms with E-state index in [0.29, 0.717) is 12.3 Å². The summed E-state index contributed by atoms with van der Waals surface area (Å²) in [5.74, 6) is -6.91. The number of nitrogens with zero attached hydrogens (tertiary/aromatic N) is 4. The molecule has 3 atom stereocenters. The first-order valence-electron chi connectivity index (χ1n) is 12.3. The number of aromatic nitrogens is 2. The lowest BCUT2D eigenvalue weighted by atomic mass is 9.98. The Morgan fingerprint density at radius 2 is 1.91 bits per heavy atom. The largest absolute Gasteiger partial charge is 0.503 e. The van der Waals surface area contributed by atoms with Gasteiger partial charge in [0.15, 0.2) is 16.6 Å². The average molecular weight is 675 g/mol. The molecule has 244 valence electrons. The van der Waals surface area contributed by atoms with Crippen molar-refractivity contribution in [2.45, 2.75) is 44.5 Å². The lowest BCUT2D eigenvalue weighted by molar-refractivity contribution is -0.161. The molecular weight excluding hydrogens is 648 g/mol. The number of aliphatic carboxylic acids is 1. The second-order valence-electron chi connectivity index (χ2n) is 9.74. The highest BCUT2D eigenvalue weighted by molar-refractivity contribution is 7.84. The number of hydrogen-bond acceptors (Lipinski definition) is 15. The fourth-order valence-corrected chi connectivity index (χ4v) is 4.98. The Labute approximate surface area is 256 Å². The van der Waals surface area contributed by atoms with Gasteiger partial charge in [0, 0.05) is 18.0 Å². The number of amides is 4. The minimum atomic E-state index is -5.19. The number of hydrogen-bond donors (Lipinski definition) is 8. The number of carbonyl (C=O) groups is 5. The molecule has 21 nitrogen and oxygen atoms in total. The second-order valence-corrected chi connectivity index (χ2v) is 11.9. The average Bonchev–Trinajstić information content (AvgIpc) is 3.35. The summed E-state index contributed by atoms with van der Waals surface area (Å²) in [6, 6.07) is -4.11. The van der Waals surface area contributed by atoms with E-state index >= 15 is 0 Å². The number of carbonyl (C=O) groups excluding carboxylic acids is 4. The number of rotatable bonds is 12. The zero-order chi connectivity index (χ0) is 34.0. The smallest absolute Gasteiger partial charge is 0.362 e. The molecule has 0 aliphatic carbocycles. The van der Waals surface area contributed by atoms with Gasteiger partial charge in [0.1, 0.15) is 23.5 Å². The van der Waals surface area contributed by atoms with E-state index in [-0.39, 0.29) is 19.9 Å². The van der Waals surface area contributed by atoms with Crippen LogP contribution in [0.2, 0.25) is 0 Å². The van der Waals surface area contributed by atoms with Crippen molar-refractivity contribution in [3.05, 3.63) is 39.3 Å². The number of β-lactam (4-membered cyclic amide) rings is 1. The van der Waals surface area contributed by atoms with Crippen molar-refractivity contribution >= 4 is 62.1 Å².